The molecular formula is C22H28N2O2. The van der Waals surface area contributed by atoms with Gasteiger partial charge in [-0.05, 0) is 60.4 Å². The van der Waals surface area contributed by atoms with Gasteiger partial charge in [-0.3, -0.25) is 4.79 Å². The number of nitrogens with zero attached hydrogens (tertiary/aromatic N) is 1. The molecule has 0 saturated heterocycles. The highest BCUT2D eigenvalue weighted by Crippen LogP contribution is 2.29. The molecule has 4 heteroatoms. The molecule has 0 spiro atoms. The minimum Gasteiger partial charge on any atom is -0.493 e. The van der Waals surface area contributed by atoms with E-state index in [1.54, 1.807) is 7.11 Å². The summed E-state index contributed by atoms with van der Waals surface area (Å²) in [6, 6.07) is 9.79. The number of benzene rings is 1. The van der Waals surface area contributed by atoms with Crippen LogP contribution >= 0.6 is 0 Å². The number of methoxy groups -OCH3 is 1. The number of aryl methyl sites for hydroxylation is 2. The SMILES string of the molecule is COc1cc2c(nc1NC(=O)c1ccc(C(C)(C)C)cc1)CCCCC2. The molecule has 0 aliphatic heterocycles. The lowest BCUT2D eigenvalue weighted by Crippen LogP contribution is -2.16. The Morgan fingerprint density at radius 3 is 2.42 bits per heavy atom. The summed E-state index contributed by atoms with van der Waals surface area (Å²) >= 11 is 0. The van der Waals surface area contributed by atoms with E-state index in [9.17, 15) is 4.79 Å². The maximum absolute atomic E-state index is 12.7. The van der Waals surface area contributed by atoms with Crippen molar-refractivity contribution in [2.45, 2.75) is 58.3 Å². The number of anilines is 1. The Labute approximate surface area is 156 Å². The second-order valence-corrected chi connectivity index (χ2v) is 7.99. The Morgan fingerprint density at radius 2 is 1.77 bits per heavy atom. The third kappa shape index (κ3) is 4.06. The van der Waals surface area contributed by atoms with Crippen molar-refractivity contribution < 1.29 is 9.53 Å². The van der Waals surface area contributed by atoms with Gasteiger partial charge in [-0.25, -0.2) is 4.98 Å². The van der Waals surface area contributed by atoms with E-state index in [1.165, 1.54) is 24.0 Å². The van der Waals surface area contributed by atoms with Crippen molar-refractivity contribution >= 4 is 11.7 Å². The van der Waals surface area contributed by atoms with Crippen molar-refractivity contribution in [1.29, 1.82) is 0 Å². The van der Waals surface area contributed by atoms with E-state index in [1.807, 2.05) is 30.3 Å². The lowest BCUT2D eigenvalue weighted by molar-refractivity contribution is 0.102. The second kappa shape index (κ2) is 7.48. The van der Waals surface area contributed by atoms with Crippen LogP contribution in [-0.2, 0) is 18.3 Å². The molecule has 3 rings (SSSR count). The van der Waals surface area contributed by atoms with Gasteiger partial charge in [0, 0.05) is 11.3 Å². The topological polar surface area (TPSA) is 51.2 Å². The van der Waals surface area contributed by atoms with E-state index in [0.717, 1.165) is 25.0 Å². The smallest absolute Gasteiger partial charge is 0.256 e. The molecule has 0 saturated carbocycles. The van der Waals surface area contributed by atoms with Gasteiger partial charge in [0.15, 0.2) is 11.6 Å². The van der Waals surface area contributed by atoms with E-state index in [0.29, 0.717) is 17.1 Å². The summed E-state index contributed by atoms with van der Waals surface area (Å²) in [5.41, 5.74) is 4.22. The fourth-order valence-electron chi connectivity index (χ4n) is 3.34. The van der Waals surface area contributed by atoms with Gasteiger partial charge in [-0.1, -0.05) is 39.3 Å². The van der Waals surface area contributed by atoms with Gasteiger partial charge in [-0.2, -0.15) is 0 Å². The van der Waals surface area contributed by atoms with Crippen molar-refractivity contribution in [2.75, 3.05) is 12.4 Å². The Balaban J connectivity index is 1.83. The Morgan fingerprint density at radius 1 is 1.08 bits per heavy atom. The predicted molar refractivity (Wildman–Crippen MR) is 105 cm³/mol. The maximum Gasteiger partial charge on any atom is 0.256 e. The molecule has 0 atom stereocenters. The van der Waals surface area contributed by atoms with Gasteiger partial charge in [0.25, 0.3) is 5.91 Å². The molecule has 0 radical (unpaired) electrons. The van der Waals surface area contributed by atoms with Crippen LogP contribution in [0.5, 0.6) is 5.75 Å². The van der Waals surface area contributed by atoms with Crippen LogP contribution in [-0.4, -0.2) is 18.0 Å². The Kier molecular flexibility index (Phi) is 5.30. The van der Waals surface area contributed by atoms with Gasteiger partial charge in [-0.15, -0.1) is 0 Å². The molecule has 1 amide bonds. The van der Waals surface area contributed by atoms with Crippen LogP contribution in [0.25, 0.3) is 0 Å². The lowest BCUT2D eigenvalue weighted by Gasteiger charge is -2.19. The minimum atomic E-state index is -0.162. The lowest BCUT2D eigenvalue weighted by atomic mass is 9.87. The molecule has 2 aromatic rings. The van der Waals surface area contributed by atoms with Gasteiger partial charge in [0.1, 0.15) is 0 Å². The number of pyridine rings is 1. The van der Waals surface area contributed by atoms with E-state index < -0.39 is 0 Å². The molecule has 1 N–H and O–H groups in total. The highest BCUT2D eigenvalue weighted by molar-refractivity contribution is 6.04. The molecule has 4 nitrogen and oxygen atoms in total. The molecule has 1 aromatic heterocycles. The number of carbonyl (C=O) groups is 1. The third-order valence-electron chi connectivity index (χ3n) is 4.98. The number of hydrogen-bond donors (Lipinski definition) is 1. The fourth-order valence-corrected chi connectivity index (χ4v) is 3.34. The second-order valence-electron chi connectivity index (χ2n) is 7.99. The number of amides is 1. The molecule has 1 heterocycles. The van der Waals surface area contributed by atoms with E-state index in [4.69, 9.17) is 9.72 Å². The highest BCUT2D eigenvalue weighted by atomic mass is 16.5. The van der Waals surface area contributed by atoms with Crippen LogP contribution < -0.4 is 10.1 Å². The van der Waals surface area contributed by atoms with Gasteiger partial charge < -0.3 is 10.1 Å². The molecular weight excluding hydrogens is 324 g/mol. The molecule has 1 aromatic carbocycles. The van der Waals surface area contributed by atoms with Crippen molar-refractivity contribution in [3.05, 3.63) is 52.7 Å². The zero-order valence-corrected chi connectivity index (χ0v) is 16.2. The number of fused-ring (bicyclic) bond motifs is 1. The quantitative estimate of drug-likeness (QED) is 0.799. The average molecular weight is 352 g/mol. The van der Waals surface area contributed by atoms with Gasteiger partial charge in [0.05, 0.1) is 7.11 Å². The number of nitrogens with one attached hydrogen (secondary N) is 1. The highest BCUT2D eigenvalue weighted by Gasteiger charge is 2.18. The molecule has 26 heavy (non-hydrogen) atoms. The number of ether oxygens (including phenoxy) is 1. The standard InChI is InChI=1S/C22H28N2O2/c1-22(2,3)17-12-10-15(11-13-17)21(25)24-20-19(26-4)14-16-8-6-5-7-9-18(16)23-20/h10-14H,5-9H2,1-4H3,(H,23,24,25). The Hall–Kier alpha value is -2.36. The number of aromatic nitrogens is 1. The van der Waals surface area contributed by atoms with Crippen LogP contribution in [0, 0.1) is 0 Å². The molecule has 0 bridgehead atoms. The summed E-state index contributed by atoms with van der Waals surface area (Å²) in [5.74, 6) is 0.980. The zero-order chi connectivity index (χ0) is 18.7. The summed E-state index contributed by atoms with van der Waals surface area (Å²) in [6.45, 7) is 6.48. The van der Waals surface area contributed by atoms with Crippen LogP contribution in [0.1, 0.15) is 67.2 Å². The first-order valence-corrected chi connectivity index (χ1v) is 9.37. The number of rotatable bonds is 3. The molecule has 1 aliphatic rings. The van der Waals surface area contributed by atoms with Crippen molar-refractivity contribution in [1.82, 2.24) is 4.98 Å². The van der Waals surface area contributed by atoms with Crippen LogP contribution in [0.15, 0.2) is 30.3 Å². The van der Waals surface area contributed by atoms with Crippen LogP contribution in [0.4, 0.5) is 5.82 Å². The molecule has 1 aliphatic carbocycles. The average Bonchev–Trinajstić information content (AvgIpc) is 2.85. The van der Waals surface area contributed by atoms with E-state index in [-0.39, 0.29) is 11.3 Å². The van der Waals surface area contributed by atoms with Gasteiger partial charge >= 0.3 is 0 Å². The fraction of sp³-hybridized carbons (Fsp3) is 0.455. The summed E-state index contributed by atoms with van der Waals surface area (Å²) in [5, 5.41) is 2.93. The largest absolute Gasteiger partial charge is 0.493 e. The summed E-state index contributed by atoms with van der Waals surface area (Å²) < 4.78 is 5.48. The van der Waals surface area contributed by atoms with Crippen molar-refractivity contribution in [3.8, 4) is 5.75 Å². The van der Waals surface area contributed by atoms with Crippen molar-refractivity contribution in [3.63, 3.8) is 0 Å². The monoisotopic (exact) mass is 352 g/mol. The number of carbonyl (C=O) groups excluding carboxylic acids is 1. The van der Waals surface area contributed by atoms with Crippen LogP contribution in [0.3, 0.4) is 0 Å². The van der Waals surface area contributed by atoms with Crippen LogP contribution in [0.2, 0.25) is 0 Å². The number of hydrogen-bond acceptors (Lipinski definition) is 3. The summed E-state index contributed by atoms with van der Waals surface area (Å²) in [7, 11) is 1.62. The third-order valence-corrected chi connectivity index (χ3v) is 4.98. The van der Waals surface area contributed by atoms with E-state index in [2.05, 4.69) is 26.1 Å². The zero-order valence-electron chi connectivity index (χ0n) is 16.2. The minimum absolute atomic E-state index is 0.0663. The summed E-state index contributed by atoms with van der Waals surface area (Å²) in [6.07, 6.45) is 5.54. The molecule has 138 valence electrons. The normalized spacial score (nSPS) is 14.3. The first kappa shape index (κ1) is 18.4. The first-order chi connectivity index (χ1) is 12.4. The van der Waals surface area contributed by atoms with E-state index >= 15 is 0 Å². The summed E-state index contributed by atoms with van der Waals surface area (Å²) in [4.78, 5) is 17.4. The molecule has 0 fully saturated rings. The maximum atomic E-state index is 12.7. The predicted octanol–water partition coefficient (Wildman–Crippen LogP) is 4.91. The molecule has 0 unspecified atom stereocenters. The first-order valence-electron chi connectivity index (χ1n) is 9.37. The van der Waals surface area contributed by atoms with Crippen molar-refractivity contribution in [2.24, 2.45) is 0 Å². The van der Waals surface area contributed by atoms with Gasteiger partial charge in [0.2, 0.25) is 0 Å². The Bertz CT molecular complexity index is 789.